The average molecular weight is 590 g/mol. The first-order chi connectivity index (χ1) is 18.6. The van der Waals surface area contributed by atoms with Crippen LogP contribution in [0.25, 0.3) is 22.2 Å². The number of ether oxygens (including phenoxy) is 1. The van der Waals surface area contributed by atoms with Gasteiger partial charge < -0.3 is 15.0 Å². The van der Waals surface area contributed by atoms with Crippen molar-refractivity contribution >= 4 is 61.7 Å². The molecule has 3 aromatic heterocycles. The maximum atomic E-state index is 13.1. The molecule has 0 atom stereocenters. The maximum absolute atomic E-state index is 13.1. The van der Waals surface area contributed by atoms with Gasteiger partial charge in [0.15, 0.2) is 22.3 Å². The smallest absolute Gasteiger partial charge is 0.260 e. The lowest BCUT2D eigenvalue weighted by Crippen LogP contribution is -2.45. The molecule has 1 aliphatic heterocycles. The number of aromatic nitrogens is 5. The van der Waals surface area contributed by atoms with Gasteiger partial charge in [0.05, 0.1) is 27.1 Å². The highest BCUT2D eigenvalue weighted by Gasteiger charge is 2.25. The van der Waals surface area contributed by atoms with Crippen molar-refractivity contribution in [2.45, 2.75) is 0 Å². The molecule has 1 fully saturated rings. The highest BCUT2D eigenvalue weighted by molar-refractivity contribution is 7.91. The average Bonchev–Trinajstić information content (AvgIpc) is 2.91. The minimum atomic E-state index is -3.08. The lowest BCUT2D eigenvalue weighted by atomic mass is 10.1. The number of fused-ring (bicyclic) bond motifs is 1. The molecule has 0 bridgehead atoms. The quantitative estimate of drug-likeness (QED) is 0.355. The van der Waals surface area contributed by atoms with Crippen LogP contribution in [0, 0.1) is 0 Å². The molecule has 0 unspecified atom stereocenters. The summed E-state index contributed by atoms with van der Waals surface area (Å²) in [4.78, 5) is 35.6. The molecule has 0 radical (unpaired) electrons. The molecule has 1 N–H and O–H groups in total. The zero-order valence-corrected chi connectivity index (χ0v) is 22.8. The molecular weight excluding hydrogens is 569 g/mol. The molecule has 0 aliphatic carbocycles. The van der Waals surface area contributed by atoms with Gasteiger partial charge in [-0.3, -0.25) is 14.2 Å². The molecule has 4 heterocycles. The SMILES string of the molecule is Cn1c(=O)c(-c2c(Cl)cccc2Cl)cc2cnc(Nc3ccc(OCC(=O)N4CCS(=O)(=O)CC4)nn3)nc21. The third-order valence-electron chi connectivity index (χ3n) is 6.10. The molecule has 0 saturated carbocycles. The Morgan fingerprint density at radius 3 is 2.49 bits per heavy atom. The maximum Gasteiger partial charge on any atom is 0.260 e. The number of nitrogens with one attached hydrogen (secondary N) is 1. The number of hydrogen-bond acceptors (Lipinski definition) is 10. The summed E-state index contributed by atoms with van der Waals surface area (Å²) in [7, 11) is -1.49. The number of benzene rings is 1. The number of carbonyl (C=O) groups excluding carboxylic acids is 1. The van der Waals surface area contributed by atoms with Gasteiger partial charge in [-0.15, -0.1) is 10.2 Å². The van der Waals surface area contributed by atoms with E-state index in [1.165, 1.54) is 15.5 Å². The fourth-order valence-corrected chi connectivity index (χ4v) is 5.81. The van der Waals surface area contributed by atoms with Crippen molar-refractivity contribution in [1.29, 1.82) is 0 Å². The third kappa shape index (κ3) is 5.79. The van der Waals surface area contributed by atoms with Gasteiger partial charge in [-0.1, -0.05) is 29.3 Å². The monoisotopic (exact) mass is 589 g/mol. The van der Waals surface area contributed by atoms with Crippen LogP contribution in [0.1, 0.15) is 0 Å². The molecule has 39 heavy (non-hydrogen) atoms. The van der Waals surface area contributed by atoms with Gasteiger partial charge in [0.1, 0.15) is 5.65 Å². The molecule has 15 heteroatoms. The first kappa shape index (κ1) is 26.8. The van der Waals surface area contributed by atoms with E-state index in [0.29, 0.717) is 38.0 Å². The van der Waals surface area contributed by atoms with Crippen molar-refractivity contribution in [2.75, 3.05) is 36.5 Å². The number of halogens is 2. The van der Waals surface area contributed by atoms with E-state index in [0.717, 1.165) is 0 Å². The number of carbonyl (C=O) groups is 1. The summed E-state index contributed by atoms with van der Waals surface area (Å²) >= 11 is 12.6. The summed E-state index contributed by atoms with van der Waals surface area (Å²) in [5, 5.41) is 12.2. The number of rotatable bonds is 6. The van der Waals surface area contributed by atoms with E-state index in [4.69, 9.17) is 27.9 Å². The van der Waals surface area contributed by atoms with Gasteiger partial charge in [-0.05, 0) is 24.3 Å². The Kier molecular flexibility index (Phi) is 7.38. The van der Waals surface area contributed by atoms with Crippen molar-refractivity contribution in [3.05, 3.63) is 63.0 Å². The van der Waals surface area contributed by atoms with Crippen LogP contribution >= 0.6 is 23.2 Å². The number of pyridine rings is 1. The van der Waals surface area contributed by atoms with E-state index in [9.17, 15) is 18.0 Å². The minimum Gasteiger partial charge on any atom is -0.466 e. The van der Waals surface area contributed by atoms with Crippen molar-refractivity contribution < 1.29 is 17.9 Å². The van der Waals surface area contributed by atoms with Crippen LogP contribution in [0.2, 0.25) is 10.0 Å². The fraction of sp³-hybridized carbons (Fsp3) is 0.250. The zero-order valence-electron chi connectivity index (χ0n) is 20.5. The van der Waals surface area contributed by atoms with E-state index >= 15 is 0 Å². The molecule has 1 aliphatic rings. The Labute approximate surface area is 232 Å². The predicted molar refractivity (Wildman–Crippen MR) is 146 cm³/mol. The fourth-order valence-electron chi connectivity index (χ4n) is 4.01. The van der Waals surface area contributed by atoms with E-state index in [1.54, 1.807) is 43.6 Å². The predicted octanol–water partition coefficient (Wildman–Crippen LogP) is 2.47. The summed E-state index contributed by atoms with van der Waals surface area (Å²) in [6.45, 7) is 0.00165. The molecular formula is C24H21Cl2N7O5S. The Hall–Kier alpha value is -3.81. The van der Waals surface area contributed by atoms with Crippen LogP contribution in [0.15, 0.2) is 47.4 Å². The first-order valence-corrected chi connectivity index (χ1v) is 14.2. The zero-order chi connectivity index (χ0) is 27.7. The summed E-state index contributed by atoms with van der Waals surface area (Å²) in [6, 6.07) is 9.75. The van der Waals surface area contributed by atoms with Crippen LogP contribution in [-0.2, 0) is 21.7 Å². The Bertz CT molecular complexity index is 1710. The number of amides is 1. The summed E-state index contributed by atoms with van der Waals surface area (Å²) in [6.07, 6.45) is 1.56. The van der Waals surface area contributed by atoms with Crippen molar-refractivity contribution in [3.63, 3.8) is 0 Å². The normalized spacial score (nSPS) is 14.8. The lowest BCUT2D eigenvalue weighted by Gasteiger charge is -2.26. The van der Waals surface area contributed by atoms with E-state index in [2.05, 4.69) is 25.5 Å². The molecule has 0 spiro atoms. The van der Waals surface area contributed by atoms with Crippen LogP contribution in [0.5, 0.6) is 5.88 Å². The van der Waals surface area contributed by atoms with Crippen LogP contribution in [-0.4, -0.2) is 75.2 Å². The molecule has 202 valence electrons. The van der Waals surface area contributed by atoms with Gasteiger partial charge in [0.25, 0.3) is 11.5 Å². The molecule has 12 nitrogen and oxygen atoms in total. The summed E-state index contributed by atoms with van der Waals surface area (Å²) < 4.78 is 29.8. The van der Waals surface area contributed by atoms with Gasteiger partial charge in [0.2, 0.25) is 11.8 Å². The lowest BCUT2D eigenvalue weighted by molar-refractivity contribution is -0.133. The molecule has 1 aromatic carbocycles. The number of anilines is 2. The second-order valence-electron chi connectivity index (χ2n) is 8.69. The molecule has 1 saturated heterocycles. The Morgan fingerprint density at radius 1 is 1.10 bits per heavy atom. The van der Waals surface area contributed by atoms with Gasteiger partial charge >= 0.3 is 0 Å². The summed E-state index contributed by atoms with van der Waals surface area (Å²) in [5.74, 6) is 0.162. The van der Waals surface area contributed by atoms with Crippen molar-refractivity contribution in [1.82, 2.24) is 29.6 Å². The minimum absolute atomic E-state index is 0.0548. The topological polar surface area (TPSA) is 149 Å². The van der Waals surface area contributed by atoms with Crippen LogP contribution in [0.4, 0.5) is 11.8 Å². The van der Waals surface area contributed by atoms with Gasteiger partial charge in [-0.2, -0.15) is 4.98 Å². The standard InChI is InChI=1S/C24H21Cl2N7O5S/c1-32-22-14(11-15(23(32)35)21-16(25)3-2-4-17(21)26)12-27-24(29-22)28-18-5-6-19(31-30-18)38-13-20(34)33-7-9-39(36,37)10-8-33/h2-6,11-12H,7-10,13H2,1H3,(H,27,28,29,30). The van der Waals surface area contributed by atoms with Crippen molar-refractivity contribution in [2.24, 2.45) is 7.05 Å². The third-order valence-corrected chi connectivity index (χ3v) is 8.34. The largest absolute Gasteiger partial charge is 0.466 e. The van der Waals surface area contributed by atoms with E-state index in [-0.39, 0.29) is 54.5 Å². The second kappa shape index (κ2) is 10.8. The van der Waals surface area contributed by atoms with Crippen molar-refractivity contribution in [3.8, 4) is 17.0 Å². The Morgan fingerprint density at radius 2 is 1.82 bits per heavy atom. The van der Waals surface area contributed by atoms with Crippen LogP contribution < -0.4 is 15.6 Å². The first-order valence-electron chi connectivity index (χ1n) is 11.6. The highest BCUT2D eigenvalue weighted by Crippen LogP contribution is 2.33. The number of sulfone groups is 1. The molecule has 5 rings (SSSR count). The second-order valence-corrected chi connectivity index (χ2v) is 11.8. The number of hydrogen-bond donors (Lipinski definition) is 1. The van der Waals surface area contributed by atoms with Crippen LogP contribution in [0.3, 0.4) is 0 Å². The highest BCUT2D eigenvalue weighted by atomic mass is 35.5. The number of aryl methyl sites for hydroxylation is 1. The van der Waals surface area contributed by atoms with E-state index < -0.39 is 9.84 Å². The number of nitrogens with zero attached hydrogens (tertiary/aromatic N) is 6. The summed E-state index contributed by atoms with van der Waals surface area (Å²) in [5.41, 5.74) is 0.814. The van der Waals surface area contributed by atoms with Gasteiger partial charge in [0, 0.05) is 43.4 Å². The molecule has 4 aromatic rings. The van der Waals surface area contributed by atoms with E-state index in [1.807, 2.05) is 0 Å². The Balaban J connectivity index is 1.28. The molecule has 1 amide bonds. The van der Waals surface area contributed by atoms with Gasteiger partial charge in [-0.25, -0.2) is 13.4 Å².